The molecule has 2 aromatic rings. The van der Waals surface area contributed by atoms with Crippen molar-refractivity contribution < 1.29 is 14.4 Å². The Bertz CT molecular complexity index is 867. The number of rotatable bonds is 4. The van der Waals surface area contributed by atoms with E-state index < -0.39 is 17.7 Å². The van der Waals surface area contributed by atoms with Gasteiger partial charge in [0.05, 0.1) is 16.5 Å². The first kappa shape index (κ1) is 18.9. The van der Waals surface area contributed by atoms with Gasteiger partial charge in [-0.3, -0.25) is 25.2 Å². The van der Waals surface area contributed by atoms with Crippen LogP contribution in [-0.4, -0.2) is 29.2 Å². The lowest BCUT2D eigenvalue weighted by Gasteiger charge is -2.17. The lowest BCUT2D eigenvalue weighted by molar-refractivity contribution is -0.129. The Hall–Kier alpha value is -2.86. The van der Waals surface area contributed by atoms with Crippen LogP contribution in [0, 0.1) is 12.8 Å². The van der Waals surface area contributed by atoms with Crippen molar-refractivity contribution in [1.82, 2.24) is 15.8 Å². The van der Waals surface area contributed by atoms with Gasteiger partial charge in [0.1, 0.15) is 0 Å². The predicted molar refractivity (Wildman–Crippen MR) is 102 cm³/mol. The number of aryl methyl sites for hydroxylation is 1. The second-order valence-electron chi connectivity index (χ2n) is 6.58. The summed E-state index contributed by atoms with van der Waals surface area (Å²) in [6, 6.07) is 14.5. The molecule has 27 heavy (non-hydrogen) atoms. The number of carbonyl (C=O) groups is 3. The number of nitrogens with one attached hydrogen (secondary N) is 2. The minimum absolute atomic E-state index is 0.0758. The van der Waals surface area contributed by atoms with E-state index in [-0.39, 0.29) is 17.9 Å². The van der Waals surface area contributed by atoms with Crippen LogP contribution >= 0.6 is 11.6 Å². The molecule has 1 aliphatic heterocycles. The molecule has 0 bridgehead atoms. The van der Waals surface area contributed by atoms with Crippen molar-refractivity contribution >= 4 is 29.3 Å². The lowest BCUT2D eigenvalue weighted by Crippen LogP contribution is -2.45. The lowest BCUT2D eigenvalue weighted by atomic mass is 10.1. The standard InChI is InChI=1S/C20H20ClN3O3/c1-13-6-8-14(9-7-13)11-24-12-15(10-18(24)25)19(26)22-23-20(27)16-4-2-3-5-17(16)21/h2-9,15H,10-12H2,1H3,(H,22,26)(H,23,27). The maximum absolute atomic E-state index is 12.3. The quantitative estimate of drug-likeness (QED) is 0.793. The zero-order valence-corrected chi connectivity index (χ0v) is 15.6. The fourth-order valence-electron chi connectivity index (χ4n) is 2.95. The van der Waals surface area contributed by atoms with Crippen molar-refractivity contribution in [2.45, 2.75) is 19.9 Å². The molecule has 3 rings (SSSR count). The summed E-state index contributed by atoms with van der Waals surface area (Å²) < 4.78 is 0. The fourth-order valence-corrected chi connectivity index (χ4v) is 3.17. The Kier molecular flexibility index (Phi) is 5.76. The predicted octanol–water partition coefficient (Wildman–Crippen LogP) is 2.46. The molecule has 0 aliphatic carbocycles. The van der Waals surface area contributed by atoms with Gasteiger partial charge < -0.3 is 4.90 Å². The van der Waals surface area contributed by atoms with Crippen molar-refractivity contribution in [3.8, 4) is 0 Å². The number of amides is 3. The first-order valence-corrected chi connectivity index (χ1v) is 9.00. The minimum atomic E-state index is -0.505. The van der Waals surface area contributed by atoms with E-state index in [1.807, 2.05) is 31.2 Å². The van der Waals surface area contributed by atoms with Crippen molar-refractivity contribution in [2.24, 2.45) is 5.92 Å². The average Bonchev–Trinajstić information content (AvgIpc) is 3.02. The van der Waals surface area contributed by atoms with Crippen LogP contribution in [-0.2, 0) is 16.1 Å². The molecule has 1 saturated heterocycles. The molecular weight excluding hydrogens is 366 g/mol. The van der Waals surface area contributed by atoms with Gasteiger partial charge in [-0.05, 0) is 24.6 Å². The number of hydrogen-bond donors (Lipinski definition) is 2. The Morgan fingerprint density at radius 2 is 1.81 bits per heavy atom. The molecular formula is C20H20ClN3O3. The van der Waals surface area contributed by atoms with Gasteiger partial charge in [-0.15, -0.1) is 0 Å². The van der Waals surface area contributed by atoms with Crippen LogP contribution in [0.25, 0.3) is 0 Å². The van der Waals surface area contributed by atoms with E-state index in [0.29, 0.717) is 18.1 Å². The largest absolute Gasteiger partial charge is 0.338 e. The molecule has 1 atom stereocenters. The van der Waals surface area contributed by atoms with E-state index in [9.17, 15) is 14.4 Å². The molecule has 0 aromatic heterocycles. The van der Waals surface area contributed by atoms with Crippen LogP contribution in [0.15, 0.2) is 48.5 Å². The third-order valence-electron chi connectivity index (χ3n) is 4.50. The van der Waals surface area contributed by atoms with Crippen LogP contribution in [0.3, 0.4) is 0 Å². The summed E-state index contributed by atoms with van der Waals surface area (Å²) in [6.45, 7) is 2.79. The summed E-state index contributed by atoms with van der Waals surface area (Å²) >= 11 is 5.96. The Labute approximate surface area is 162 Å². The molecule has 0 saturated carbocycles. The summed E-state index contributed by atoms with van der Waals surface area (Å²) in [5, 5.41) is 0.296. The monoisotopic (exact) mass is 385 g/mol. The van der Waals surface area contributed by atoms with E-state index in [2.05, 4.69) is 10.9 Å². The highest BCUT2D eigenvalue weighted by Gasteiger charge is 2.34. The van der Waals surface area contributed by atoms with Crippen molar-refractivity contribution in [1.29, 1.82) is 0 Å². The Balaban J connectivity index is 1.53. The second kappa shape index (κ2) is 8.22. The summed E-state index contributed by atoms with van der Waals surface area (Å²) in [5.74, 6) is -1.48. The van der Waals surface area contributed by atoms with Crippen LogP contribution in [0.1, 0.15) is 27.9 Å². The maximum atomic E-state index is 12.3. The van der Waals surface area contributed by atoms with Gasteiger partial charge in [0.15, 0.2) is 0 Å². The zero-order valence-electron chi connectivity index (χ0n) is 14.9. The first-order chi connectivity index (χ1) is 12.9. The van der Waals surface area contributed by atoms with E-state index in [0.717, 1.165) is 11.1 Å². The molecule has 1 unspecified atom stereocenters. The number of nitrogens with zero attached hydrogens (tertiary/aromatic N) is 1. The number of hydrogen-bond acceptors (Lipinski definition) is 3. The number of halogens is 1. The normalized spacial score (nSPS) is 16.3. The molecule has 7 heteroatoms. The summed E-state index contributed by atoms with van der Waals surface area (Å²) in [5.41, 5.74) is 7.17. The van der Waals surface area contributed by atoms with E-state index in [1.165, 1.54) is 0 Å². The molecule has 3 amide bonds. The van der Waals surface area contributed by atoms with E-state index >= 15 is 0 Å². The van der Waals surface area contributed by atoms with Crippen LogP contribution in [0.4, 0.5) is 0 Å². The van der Waals surface area contributed by atoms with Gasteiger partial charge in [0.25, 0.3) is 5.91 Å². The number of carbonyl (C=O) groups excluding carboxylic acids is 3. The van der Waals surface area contributed by atoms with Gasteiger partial charge >= 0.3 is 0 Å². The SMILES string of the molecule is Cc1ccc(CN2CC(C(=O)NNC(=O)c3ccccc3Cl)CC2=O)cc1. The Morgan fingerprint density at radius 3 is 2.52 bits per heavy atom. The van der Waals surface area contributed by atoms with Crippen LogP contribution < -0.4 is 10.9 Å². The van der Waals surface area contributed by atoms with Gasteiger partial charge in [0.2, 0.25) is 11.8 Å². The molecule has 0 radical (unpaired) electrons. The first-order valence-electron chi connectivity index (χ1n) is 8.62. The van der Waals surface area contributed by atoms with Crippen molar-refractivity contribution in [2.75, 3.05) is 6.54 Å². The maximum Gasteiger partial charge on any atom is 0.271 e. The van der Waals surface area contributed by atoms with Gasteiger partial charge in [-0.2, -0.15) is 0 Å². The molecule has 2 aromatic carbocycles. The van der Waals surface area contributed by atoms with E-state index in [1.54, 1.807) is 29.2 Å². The summed E-state index contributed by atoms with van der Waals surface area (Å²) in [4.78, 5) is 38.3. The highest BCUT2D eigenvalue weighted by atomic mass is 35.5. The fraction of sp³-hybridized carbons (Fsp3) is 0.250. The topological polar surface area (TPSA) is 78.5 Å². The summed E-state index contributed by atoms with van der Waals surface area (Å²) in [6.07, 6.45) is 0.125. The smallest absolute Gasteiger partial charge is 0.271 e. The molecule has 1 aliphatic rings. The van der Waals surface area contributed by atoms with E-state index in [4.69, 9.17) is 11.6 Å². The highest BCUT2D eigenvalue weighted by molar-refractivity contribution is 6.33. The molecule has 140 valence electrons. The van der Waals surface area contributed by atoms with Crippen molar-refractivity contribution in [3.05, 3.63) is 70.2 Å². The molecule has 1 heterocycles. The zero-order chi connectivity index (χ0) is 19.4. The van der Waals surface area contributed by atoms with Gasteiger partial charge in [-0.1, -0.05) is 53.6 Å². The average molecular weight is 386 g/mol. The van der Waals surface area contributed by atoms with Crippen LogP contribution in [0.2, 0.25) is 5.02 Å². The third kappa shape index (κ3) is 4.65. The van der Waals surface area contributed by atoms with Crippen molar-refractivity contribution in [3.63, 3.8) is 0 Å². The number of hydrazine groups is 1. The highest BCUT2D eigenvalue weighted by Crippen LogP contribution is 2.20. The van der Waals surface area contributed by atoms with Crippen LogP contribution in [0.5, 0.6) is 0 Å². The number of benzene rings is 2. The molecule has 0 spiro atoms. The third-order valence-corrected chi connectivity index (χ3v) is 4.83. The molecule has 6 nitrogen and oxygen atoms in total. The molecule has 2 N–H and O–H groups in total. The minimum Gasteiger partial charge on any atom is -0.338 e. The summed E-state index contributed by atoms with van der Waals surface area (Å²) in [7, 11) is 0. The van der Waals surface area contributed by atoms with Gasteiger partial charge in [-0.25, -0.2) is 0 Å². The van der Waals surface area contributed by atoms with Gasteiger partial charge in [0, 0.05) is 19.5 Å². The second-order valence-corrected chi connectivity index (χ2v) is 6.99. The Morgan fingerprint density at radius 1 is 1.11 bits per heavy atom. The molecule has 1 fully saturated rings. The number of likely N-dealkylation sites (tertiary alicyclic amines) is 1.